The number of fused-ring (bicyclic) bond motifs is 3. The Morgan fingerprint density at radius 1 is 1.15 bits per heavy atom. The van der Waals surface area contributed by atoms with Gasteiger partial charge in [0.1, 0.15) is 23.9 Å². The molecule has 240 valence electrons. The molecule has 5 heterocycles. The molecule has 0 aliphatic carbocycles. The number of halogens is 1. The van der Waals surface area contributed by atoms with Gasteiger partial charge < -0.3 is 24.6 Å². The third kappa shape index (κ3) is 4.54. The van der Waals surface area contributed by atoms with Gasteiger partial charge in [-0.05, 0) is 41.2 Å². The molecule has 2 aliphatic rings. The van der Waals surface area contributed by atoms with Crippen LogP contribution in [0.1, 0.15) is 28.6 Å². The van der Waals surface area contributed by atoms with E-state index in [9.17, 15) is 34.4 Å². The van der Waals surface area contributed by atoms with Crippen molar-refractivity contribution in [3.8, 4) is 0 Å². The van der Waals surface area contributed by atoms with Crippen molar-refractivity contribution in [3.05, 3.63) is 103 Å². The number of nitrogens with zero attached hydrogens (tertiary/aromatic N) is 4. The van der Waals surface area contributed by atoms with Crippen LogP contribution in [0, 0.1) is 35.8 Å². The zero-order valence-corrected chi connectivity index (χ0v) is 25.8. The molecule has 2 saturated heterocycles. The van der Waals surface area contributed by atoms with Crippen LogP contribution in [0.4, 0.5) is 5.82 Å². The van der Waals surface area contributed by atoms with E-state index in [1.807, 2.05) is 18.2 Å². The molecule has 47 heavy (non-hydrogen) atoms. The molecule has 0 spiro atoms. The third-order valence-electron chi connectivity index (χ3n) is 9.46. The van der Waals surface area contributed by atoms with E-state index in [2.05, 4.69) is 15.3 Å². The first-order chi connectivity index (χ1) is 22.4. The molecular weight excluding hydrogens is 632 g/mol. The van der Waals surface area contributed by atoms with Gasteiger partial charge in [0.05, 0.1) is 41.6 Å². The molecule has 2 aliphatic heterocycles. The van der Waals surface area contributed by atoms with Crippen molar-refractivity contribution in [2.75, 3.05) is 6.54 Å². The fourth-order valence-electron chi connectivity index (χ4n) is 7.12. The molecular formula is C32H27ClN6O8. The Morgan fingerprint density at radius 3 is 2.66 bits per heavy atom. The number of amides is 2. The van der Waals surface area contributed by atoms with E-state index < -0.39 is 51.6 Å². The molecule has 5 aromatic rings. The Balaban J connectivity index is 1.35. The van der Waals surface area contributed by atoms with Crippen LogP contribution in [0.25, 0.3) is 21.9 Å². The molecule has 4 atom stereocenters. The van der Waals surface area contributed by atoms with Crippen molar-refractivity contribution < 1.29 is 28.8 Å². The Bertz CT molecular complexity index is 2220. The Kier molecular flexibility index (Phi) is 7.02. The Labute approximate surface area is 270 Å². The number of nitro groups is 1. The van der Waals surface area contributed by atoms with Gasteiger partial charge in [0.25, 0.3) is 0 Å². The molecule has 3 N–H and O–H groups in total. The van der Waals surface area contributed by atoms with E-state index in [4.69, 9.17) is 16.0 Å². The minimum atomic E-state index is -2.02. The summed E-state index contributed by atoms with van der Waals surface area (Å²) in [5, 5.41) is 26.7. The number of imide groups is 1. The van der Waals surface area contributed by atoms with Gasteiger partial charge in [0, 0.05) is 35.5 Å². The van der Waals surface area contributed by atoms with E-state index >= 15 is 0 Å². The maximum absolute atomic E-state index is 14.2. The number of H-pyrrole nitrogens is 1. The number of carboxylic acid groups (broad SMARTS) is 1. The van der Waals surface area contributed by atoms with Gasteiger partial charge in [-0.25, -0.2) is 9.55 Å². The van der Waals surface area contributed by atoms with Crippen molar-refractivity contribution in [2.24, 2.45) is 11.8 Å². The molecule has 15 heteroatoms. The molecule has 2 amide bonds. The van der Waals surface area contributed by atoms with Crippen LogP contribution in [0.3, 0.4) is 0 Å². The predicted molar refractivity (Wildman–Crippen MR) is 168 cm³/mol. The minimum absolute atomic E-state index is 0.0291. The summed E-state index contributed by atoms with van der Waals surface area (Å²) in [5.74, 6) is -5.59. The number of aromatic amines is 1. The summed E-state index contributed by atoms with van der Waals surface area (Å²) in [5.41, 5.74) is -0.301. The lowest BCUT2D eigenvalue weighted by Crippen LogP contribution is -2.57. The quantitative estimate of drug-likeness (QED) is 0.126. The molecule has 2 aromatic carbocycles. The van der Waals surface area contributed by atoms with Crippen LogP contribution in [-0.2, 0) is 27.3 Å². The number of carbonyl (C=O) groups excluding carboxylic acids is 2. The van der Waals surface area contributed by atoms with E-state index in [1.165, 1.54) is 16.9 Å². The second-order valence-corrected chi connectivity index (χ2v) is 12.4. The summed E-state index contributed by atoms with van der Waals surface area (Å²) in [7, 11) is 0. The van der Waals surface area contributed by atoms with E-state index in [0.29, 0.717) is 22.0 Å². The number of benzene rings is 2. The van der Waals surface area contributed by atoms with Gasteiger partial charge in [-0.2, -0.15) is 0 Å². The van der Waals surface area contributed by atoms with Crippen LogP contribution in [0.5, 0.6) is 0 Å². The lowest BCUT2D eigenvalue weighted by atomic mass is 9.76. The molecule has 4 unspecified atom stereocenters. The van der Waals surface area contributed by atoms with Crippen LogP contribution in [0.15, 0.2) is 64.3 Å². The SMILES string of the molecule is Cc1cc2occ(C3NC(Cc4c[nH]c5ccccc45)(C(=O)O)C4C(=O)N(CCn5c([N+](=O)[O-])cnc5C)C(=O)C34)c(=O)c2cc1Cl. The summed E-state index contributed by atoms with van der Waals surface area (Å²) >= 11 is 6.32. The van der Waals surface area contributed by atoms with Gasteiger partial charge in [-0.3, -0.25) is 29.4 Å². The number of aromatic nitrogens is 3. The van der Waals surface area contributed by atoms with Gasteiger partial charge in [0.15, 0.2) is 11.3 Å². The first-order valence-electron chi connectivity index (χ1n) is 14.7. The number of carbonyl (C=O) groups is 3. The number of likely N-dealkylation sites (tertiary alicyclic amines) is 1. The largest absolute Gasteiger partial charge is 0.480 e. The summed E-state index contributed by atoms with van der Waals surface area (Å²) in [6.45, 7) is 2.88. The zero-order chi connectivity index (χ0) is 33.4. The number of aliphatic carboxylic acids is 1. The number of aryl methyl sites for hydroxylation is 2. The number of nitrogens with one attached hydrogen (secondary N) is 2. The fourth-order valence-corrected chi connectivity index (χ4v) is 7.29. The van der Waals surface area contributed by atoms with E-state index in [-0.39, 0.29) is 41.9 Å². The number of para-hydroxylation sites is 1. The summed E-state index contributed by atoms with van der Waals surface area (Å²) in [4.78, 5) is 74.7. The first kappa shape index (κ1) is 30.3. The second-order valence-electron chi connectivity index (χ2n) is 12.0. The number of hydrogen-bond acceptors (Lipinski definition) is 9. The van der Waals surface area contributed by atoms with Gasteiger partial charge in [-0.15, -0.1) is 0 Å². The molecule has 14 nitrogen and oxygen atoms in total. The molecule has 0 radical (unpaired) electrons. The smallest absolute Gasteiger partial charge is 0.342 e. The average Bonchev–Trinajstić information content (AvgIpc) is 3.77. The van der Waals surface area contributed by atoms with Crippen LogP contribution < -0.4 is 10.7 Å². The average molecular weight is 659 g/mol. The van der Waals surface area contributed by atoms with E-state index in [1.54, 1.807) is 32.2 Å². The lowest BCUT2D eigenvalue weighted by molar-refractivity contribution is -0.392. The second kappa shape index (κ2) is 10.9. The van der Waals surface area contributed by atoms with Crippen LogP contribution in [-0.4, -0.2) is 59.3 Å². The fraction of sp³-hybridized carbons (Fsp3) is 0.281. The van der Waals surface area contributed by atoms with Crippen molar-refractivity contribution >= 4 is 57.1 Å². The maximum Gasteiger partial charge on any atom is 0.342 e. The molecule has 0 saturated carbocycles. The van der Waals surface area contributed by atoms with Crippen LogP contribution in [0.2, 0.25) is 5.02 Å². The maximum atomic E-state index is 14.2. The molecule has 7 rings (SSSR count). The van der Waals surface area contributed by atoms with E-state index in [0.717, 1.165) is 22.0 Å². The molecule has 3 aromatic heterocycles. The number of carboxylic acids is 1. The highest BCUT2D eigenvalue weighted by Crippen LogP contribution is 2.50. The summed E-state index contributed by atoms with van der Waals surface area (Å²) < 4.78 is 7.08. The first-order valence-corrected chi connectivity index (χ1v) is 15.1. The van der Waals surface area contributed by atoms with Crippen molar-refractivity contribution in [3.63, 3.8) is 0 Å². The highest BCUT2D eigenvalue weighted by molar-refractivity contribution is 6.32. The normalized spacial score (nSPS) is 22.4. The Hall–Kier alpha value is -5.34. The molecule has 0 bridgehead atoms. The highest BCUT2D eigenvalue weighted by atomic mass is 35.5. The molecule has 2 fully saturated rings. The third-order valence-corrected chi connectivity index (χ3v) is 9.86. The monoisotopic (exact) mass is 658 g/mol. The van der Waals surface area contributed by atoms with Gasteiger partial charge in [-0.1, -0.05) is 29.8 Å². The van der Waals surface area contributed by atoms with Crippen molar-refractivity contribution in [1.29, 1.82) is 0 Å². The number of imidazole rings is 1. The topological polar surface area (TPSA) is 194 Å². The van der Waals surface area contributed by atoms with Crippen molar-refractivity contribution in [2.45, 2.75) is 38.4 Å². The van der Waals surface area contributed by atoms with Gasteiger partial charge >= 0.3 is 11.8 Å². The van der Waals surface area contributed by atoms with Crippen LogP contribution >= 0.6 is 11.6 Å². The standard InChI is InChI=1S/C32H27ClN6O8/c1-15-9-23-19(10-21(15)33)28(40)20(14-47-23)27-25-26(30(42)38(29(25)41)8-7-37-16(2)34-13-24(37)39(45)46)32(36-27,31(43)44)11-17-12-35-22-6-4-3-5-18(17)22/h3-6,9-10,12-14,25-27,35-36H,7-8,11H2,1-2H3,(H,43,44). The zero-order valence-electron chi connectivity index (χ0n) is 25.0. The summed E-state index contributed by atoms with van der Waals surface area (Å²) in [6, 6.07) is 9.11. The lowest BCUT2D eigenvalue weighted by Gasteiger charge is -2.31. The minimum Gasteiger partial charge on any atom is -0.480 e. The summed E-state index contributed by atoms with van der Waals surface area (Å²) in [6.07, 6.45) is 3.73. The van der Waals surface area contributed by atoms with Gasteiger partial charge in [0.2, 0.25) is 11.8 Å². The highest BCUT2D eigenvalue weighted by Gasteiger charge is 2.68. The van der Waals surface area contributed by atoms with Crippen molar-refractivity contribution in [1.82, 2.24) is 24.8 Å². The number of hydrogen-bond donors (Lipinski definition) is 3. The Morgan fingerprint density at radius 2 is 1.91 bits per heavy atom. The predicted octanol–water partition coefficient (Wildman–Crippen LogP) is 3.66. The number of rotatable bonds is 8.